The van der Waals surface area contributed by atoms with Gasteiger partial charge >= 0.3 is 0 Å². The van der Waals surface area contributed by atoms with Crippen LogP contribution in [0.3, 0.4) is 0 Å². The molecule has 0 fully saturated rings. The second kappa shape index (κ2) is 3.55. The van der Waals surface area contributed by atoms with Crippen LogP contribution in [0.1, 0.15) is 0 Å². The van der Waals surface area contributed by atoms with Crippen LogP contribution in [-0.2, 0) is 9.84 Å². The topological polar surface area (TPSA) is 47.3 Å². The van der Waals surface area contributed by atoms with Crippen molar-refractivity contribution in [2.24, 2.45) is 0 Å². The summed E-state index contributed by atoms with van der Waals surface area (Å²) in [5.74, 6) is 0. The van der Waals surface area contributed by atoms with Gasteiger partial charge in [-0.25, -0.2) is 8.42 Å². The quantitative estimate of drug-likeness (QED) is 0.783. The average Bonchev–Trinajstić information content (AvgIpc) is 2.69. The minimum absolute atomic E-state index is 0.328. The Morgan fingerprint density at radius 1 is 1.00 bits per heavy atom. The molecule has 4 heteroatoms. The monoisotopic (exact) mass is 222 g/mol. The molecule has 0 amide bonds. The highest BCUT2D eigenvalue weighted by Crippen LogP contribution is 2.21. The highest BCUT2D eigenvalue weighted by molar-refractivity contribution is 7.90. The summed E-state index contributed by atoms with van der Waals surface area (Å²) in [6, 6.07) is 8.55. The summed E-state index contributed by atoms with van der Waals surface area (Å²) in [5.41, 5.74) is 1.88. The van der Waals surface area contributed by atoms with Gasteiger partial charge in [-0.2, -0.15) is 0 Å². The van der Waals surface area contributed by atoms with Crippen molar-refractivity contribution in [3.05, 3.63) is 42.9 Å². The first kappa shape index (κ1) is 9.98. The molecule has 1 aromatic heterocycles. The third kappa shape index (κ3) is 2.10. The van der Waals surface area contributed by atoms with Gasteiger partial charge < -0.3 is 4.42 Å². The van der Waals surface area contributed by atoms with Crippen molar-refractivity contribution in [1.29, 1.82) is 0 Å². The van der Waals surface area contributed by atoms with Gasteiger partial charge in [0.2, 0.25) is 0 Å². The van der Waals surface area contributed by atoms with Gasteiger partial charge in [-0.3, -0.25) is 0 Å². The molecule has 3 nitrogen and oxygen atoms in total. The Balaban J connectivity index is 2.42. The van der Waals surface area contributed by atoms with Crippen LogP contribution in [0, 0.1) is 0 Å². The Bertz CT molecular complexity index is 536. The highest BCUT2D eigenvalue weighted by Gasteiger charge is 2.06. The number of hydrogen-bond acceptors (Lipinski definition) is 3. The summed E-state index contributed by atoms with van der Waals surface area (Å²) in [4.78, 5) is 0.328. The van der Waals surface area contributed by atoms with Crippen LogP contribution in [0.4, 0.5) is 0 Å². The Kier molecular flexibility index (Phi) is 2.36. The van der Waals surface area contributed by atoms with Gasteiger partial charge in [0.1, 0.15) is 0 Å². The molecule has 2 aromatic rings. The second-order valence-electron chi connectivity index (χ2n) is 3.31. The summed E-state index contributed by atoms with van der Waals surface area (Å²) < 4.78 is 27.4. The zero-order chi connectivity index (χ0) is 10.9. The molecular formula is C11H10O3S. The SMILES string of the molecule is CS(=O)(=O)c1ccc(-c2ccoc2)cc1. The maximum absolute atomic E-state index is 11.2. The van der Waals surface area contributed by atoms with Crippen molar-refractivity contribution in [3.8, 4) is 11.1 Å². The third-order valence-electron chi connectivity index (χ3n) is 2.14. The third-order valence-corrected chi connectivity index (χ3v) is 3.27. The van der Waals surface area contributed by atoms with E-state index in [0.29, 0.717) is 4.90 Å². The van der Waals surface area contributed by atoms with Gasteiger partial charge in [0, 0.05) is 11.8 Å². The van der Waals surface area contributed by atoms with Crippen LogP contribution >= 0.6 is 0 Å². The summed E-state index contributed by atoms with van der Waals surface area (Å²) in [7, 11) is -3.11. The van der Waals surface area contributed by atoms with Crippen LogP contribution in [0.25, 0.3) is 11.1 Å². The zero-order valence-electron chi connectivity index (χ0n) is 8.17. The van der Waals surface area contributed by atoms with Crippen LogP contribution in [0.15, 0.2) is 52.2 Å². The van der Waals surface area contributed by atoms with Crippen LogP contribution in [0.2, 0.25) is 0 Å². The van der Waals surface area contributed by atoms with E-state index in [1.54, 1.807) is 36.8 Å². The molecule has 0 saturated carbocycles. The zero-order valence-corrected chi connectivity index (χ0v) is 8.99. The number of furan rings is 1. The van der Waals surface area contributed by atoms with Crippen LogP contribution in [0.5, 0.6) is 0 Å². The fourth-order valence-corrected chi connectivity index (χ4v) is 1.95. The first-order valence-electron chi connectivity index (χ1n) is 4.40. The normalized spacial score (nSPS) is 11.5. The Morgan fingerprint density at radius 3 is 2.13 bits per heavy atom. The van der Waals surface area contributed by atoms with E-state index in [1.807, 2.05) is 6.07 Å². The van der Waals surface area contributed by atoms with Gasteiger partial charge in [0.05, 0.1) is 17.4 Å². The van der Waals surface area contributed by atoms with Gasteiger partial charge in [0.15, 0.2) is 9.84 Å². The molecule has 0 saturated heterocycles. The predicted octanol–water partition coefficient (Wildman–Crippen LogP) is 2.35. The molecule has 0 radical (unpaired) electrons. The van der Waals surface area contributed by atoms with Crippen molar-refractivity contribution < 1.29 is 12.8 Å². The van der Waals surface area contributed by atoms with E-state index in [1.165, 1.54) is 6.26 Å². The largest absolute Gasteiger partial charge is 0.472 e. The van der Waals surface area contributed by atoms with Crippen LogP contribution in [-0.4, -0.2) is 14.7 Å². The molecular weight excluding hydrogens is 212 g/mol. The molecule has 1 aromatic carbocycles. The van der Waals surface area contributed by atoms with E-state index >= 15 is 0 Å². The number of rotatable bonds is 2. The lowest BCUT2D eigenvalue weighted by Crippen LogP contribution is -1.95. The Labute approximate surface area is 88.3 Å². The van der Waals surface area contributed by atoms with Crippen molar-refractivity contribution >= 4 is 9.84 Å². The lowest BCUT2D eigenvalue weighted by atomic mass is 10.1. The number of hydrogen-bond donors (Lipinski definition) is 0. The molecule has 0 atom stereocenters. The van der Waals surface area contributed by atoms with E-state index in [-0.39, 0.29) is 0 Å². The molecule has 15 heavy (non-hydrogen) atoms. The second-order valence-corrected chi connectivity index (χ2v) is 5.32. The molecule has 78 valence electrons. The van der Waals surface area contributed by atoms with Gasteiger partial charge in [0.25, 0.3) is 0 Å². The van der Waals surface area contributed by atoms with E-state index < -0.39 is 9.84 Å². The summed E-state index contributed by atoms with van der Waals surface area (Å²) >= 11 is 0. The van der Waals surface area contributed by atoms with E-state index in [2.05, 4.69) is 0 Å². The number of benzene rings is 1. The Hall–Kier alpha value is -1.55. The minimum atomic E-state index is -3.11. The first-order chi connectivity index (χ1) is 7.07. The number of sulfone groups is 1. The molecule has 0 aliphatic carbocycles. The van der Waals surface area contributed by atoms with Gasteiger partial charge in [-0.15, -0.1) is 0 Å². The molecule has 0 bridgehead atoms. The van der Waals surface area contributed by atoms with E-state index in [4.69, 9.17) is 4.42 Å². The Morgan fingerprint density at radius 2 is 1.67 bits per heavy atom. The van der Waals surface area contributed by atoms with Crippen molar-refractivity contribution in [1.82, 2.24) is 0 Å². The summed E-state index contributed by atoms with van der Waals surface area (Å²) in [5, 5.41) is 0. The molecule has 0 aliphatic heterocycles. The lowest BCUT2D eigenvalue weighted by Gasteiger charge is -1.99. The van der Waals surface area contributed by atoms with Crippen molar-refractivity contribution in [2.45, 2.75) is 4.90 Å². The van der Waals surface area contributed by atoms with E-state index in [9.17, 15) is 8.42 Å². The predicted molar refractivity (Wildman–Crippen MR) is 57.3 cm³/mol. The molecule has 0 aliphatic rings. The summed E-state index contributed by atoms with van der Waals surface area (Å²) in [6.07, 6.45) is 4.40. The van der Waals surface area contributed by atoms with E-state index in [0.717, 1.165) is 11.1 Å². The fraction of sp³-hybridized carbons (Fsp3) is 0.0909. The molecule has 2 rings (SSSR count). The maximum atomic E-state index is 11.2. The minimum Gasteiger partial charge on any atom is -0.472 e. The smallest absolute Gasteiger partial charge is 0.175 e. The highest BCUT2D eigenvalue weighted by atomic mass is 32.2. The first-order valence-corrected chi connectivity index (χ1v) is 6.29. The summed E-state index contributed by atoms with van der Waals surface area (Å²) in [6.45, 7) is 0. The molecule has 0 N–H and O–H groups in total. The fourth-order valence-electron chi connectivity index (χ4n) is 1.32. The van der Waals surface area contributed by atoms with Crippen LogP contribution < -0.4 is 0 Å². The van der Waals surface area contributed by atoms with Crippen molar-refractivity contribution in [3.63, 3.8) is 0 Å². The molecule has 0 spiro atoms. The van der Waals surface area contributed by atoms with Gasteiger partial charge in [-0.1, -0.05) is 12.1 Å². The van der Waals surface area contributed by atoms with Gasteiger partial charge in [-0.05, 0) is 23.8 Å². The maximum Gasteiger partial charge on any atom is 0.175 e. The lowest BCUT2D eigenvalue weighted by molar-refractivity contribution is 0.568. The average molecular weight is 222 g/mol. The molecule has 0 unspecified atom stereocenters. The van der Waals surface area contributed by atoms with Crippen molar-refractivity contribution in [2.75, 3.05) is 6.26 Å². The standard InChI is InChI=1S/C11H10O3S/c1-15(12,13)11-4-2-9(3-5-11)10-6-7-14-8-10/h2-8H,1H3. The molecule has 1 heterocycles.